The van der Waals surface area contributed by atoms with Crippen LogP contribution in [0.5, 0.6) is 0 Å². The molecule has 6 heteroatoms. The van der Waals surface area contributed by atoms with E-state index >= 15 is 0 Å². The van der Waals surface area contributed by atoms with Crippen molar-refractivity contribution in [3.63, 3.8) is 0 Å². The van der Waals surface area contributed by atoms with E-state index in [2.05, 4.69) is 15.9 Å². The Morgan fingerprint density at radius 1 is 1.39 bits per heavy atom. The highest BCUT2D eigenvalue weighted by Gasteiger charge is 2.33. The number of hydrogen-bond acceptors (Lipinski definition) is 2. The molecule has 1 rings (SSSR count). The van der Waals surface area contributed by atoms with E-state index in [0.717, 1.165) is 10.0 Å². The average molecular weight is 325 g/mol. The summed E-state index contributed by atoms with van der Waals surface area (Å²) in [6.45, 7) is 1.21. The van der Waals surface area contributed by atoms with Gasteiger partial charge in [0.1, 0.15) is 0 Å². The Labute approximate surface area is 113 Å². The molecule has 0 aliphatic rings. The lowest BCUT2D eigenvalue weighted by Crippen LogP contribution is -2.40. The van der Waals surface area contributed by atoms with Gasteiger partial charge in [-0.05, 0) is 24.2 Å². The number of hydrogen-bond donors (Lipinski definition) is 1. The normalized spacial score (nSPS) is 13.9. The molecule has 2 N–H and O–H groups in total. The third-order valence-corrected chi connectivity index (χ3v) is 3.18. The van der Waals surface area contributed by atoms with Gasteiger partial charge in [0.25, 0.3) is 0 Å². The Morgan fingerprint density at radius 2 is 2.06 bits per heavy atom. The highest BCUT2D eigenvalue weighted by Crippen LogP contribution is 2.26. The molecule has 0 saturated heterocycles. The first-order chi connectivity index (χ1) is 8.37. The fraction of sp³-hybridized carbons (Fsp3) is 0.500. The highest BCUT2D eigenvalue weighted by atomic mass is 79.9. The van der Waals surface area contributed by atoms with Crippen molar-refractivity contribution in [1.82, 2.24) is 4.90 Å². The molecule has 1 unspecified atom stereocenters. The molecule has 2 nitrogen and oxygen atoms in total. The number of nitrogens with two attached hydrogens (primary N) is 1. The van der Waals surface area contributed by atoms with Crippen molar-refractivity contribution in [2.75, 3.05) is 19.6 Å². The van der Waals surface area contributed by atoms with Gasteiger partial charge in [0.2, 0.25) is 0 Å². The van der Waals surface area contributed by atoms with Crippen LogP contribution >= 0.6 is 15.9 Å². The van der Waals surface area contributed by atoms with Crippen molar-refractivity contribution in [2.45, 2.75) is 19.1 Å². The minimum absolute atomic E-state index is 0.153. The Morgan fingerprint density at radius 3 is 2.50 bits per heavy atom. The van der Waals surface area contributed by atoms with Crippen LogP contribution in [0.1, 0.15) is 18.5 Å². The fourth-order valence-electron chi connectivity index (χ4n) is 1.88. The molecule has 0 spiro atoms. The van der Waals surface area contributed by atoms with E-state index in [0.29, 0.717) is 6.54 Å². The summed E-state index contributed by atoms with van der Waals surface area (Å²) in [4.78, 5) is 1.34. The quantitative estimate of drug-likeness (QED) is 0.900. The van der Waals surface area contributed by atoms with Crippen LogP contribution < -0.4 is 5.73 Å². The number of likely N-dealkylation sites (N-methyl/N-ethyl adjacent to an activating group) is 1. The second-order valence-corrected chi connectivity index (χ2v) is 4.90. The van der Waals surface area contributed by atoms with Crippen LogP contribution in [0.4, 0.5) is 13.2 Å². The van der Waals surface area contributed by atoms with Gasteiger partial charge in [0.05, 0.1) is 6.54 Å². The predicted octanol–water partition coefficient (Wildman–Crippen LogP) is 3.33. The fourth-order valence-corrected chi connectivity index (χ4v) is 2.30. The van der Waals surface area contributed by atoms with Gasteiger partial charge in [-0.1, -0.05) is 35.0 Å². The Bertz CT molecular complexity index is 382. The van der Waals surface area contributed by atoms with Crippen molar-refractivity contribution in [2.24, 2.45) is 5.73 Å². The van der Waals surface area contributed by atoms with E-state index in [4.69, 9.17) is 5.73 Å². The first-order valence-corrected chi connectivity index (χ1v) is 6.43. The van der Waals surface area contributed by atoms with Crippen molar-refractivity contribution in [3.8, 4) is 0 Å². The summed E-state index contributed by atoms with van der Waals surface area (Å²) in [5, 5.41) is 0. The summed E-state index contributed by atoms with van der Waals surface area (Å²) in [6, 6.07) is 6.80. The van der Waals surface area contributed by atoms with E-state index in [1.165, 1.54) is 4.90 Å². The van der Waals surface area contributed by atoms with Crippen LogP contribution in [0.3, 0.4) is 0 Å². The molecule has 0 fully saturated rings. The van der Waals surface area contributed by atoms with Gasteiger partial charge >= 0.3 is 6.18 Å². The zero-order valence-electron chi connectivity index (χ0n) is 10.0. The molecule has 0 amide bonds. The molecule has 0 bridgehead atoms. The Balaban J connectivity index is 2.93. The maximum Gasteiger partial charge on any atom is 0.401 e. The molecular weight excluding hydrogens is 309 g/mol. The zero-order valence-corrected chi connectivity index (χ0v) is 11.6. The van der Waals surface area contributed by atoms with Crippen LogP contribution in [0, 0.1) is 0 Å². The lowest BCUT2D eigenvalue weighted by molar-refractivity contribution is -0.150. The predicted molar refractivity (Wildman–Crippen MR) is 69.2 cm³/mol. The van der Waals surface area contributed by atoms with Gasteiger partial charge in [-0.25, -0.2) is 0 Å². The summed E-state index contributed by atoms with van der Waals surface area (Å²) in [5.74, 6) is 0. The standard InChI is InChI=1S/C12H16BrF3N2/c1-2-18(8-12(14,15)16)11(7-17)9-4-3-5-10(13)6-9/h3-6,11H,2,7-8,17H2,1H3. The van der Waals surface area contributed by atoms with Crippen molar-refractivity contribution in [1.29, 1.82) is 0 Å². The van der Waals surface area contributed by atoms with Crippen LogP contribution in [0.25, 0.3) is 0 Å². The topological polar surface area (TPSA) is 29.3 Å². The van der Waals surface area contributed by atoms with Crippen LogP contribution in [0.2, 0.25) is 0 Å². The molecule has 0 aromatic heterocycles. The minimum Gasteiger partial charge on any atom is -0.329 e. The molecular formula is C12H16BrF3N2. The van der Waals surface area contributed by atoms with Crippen molar-refractivity contribution >= 4 is 15.9 Å². The molecule has 0 radical (unpaired) electrons. The maximum atomic E-state index is 12.5. The number of nitrogens with zero attached hydrogens (tertiary/aromatic N) is 1. The minimum atomic E-state index is -4.21. The Kier molecular flexibility index (Phi) is 5.62. The average Bonchev–Trinajstić information content (AvgIpc) is 2.27. The van der Waals surface area contributed by atoms with Crippen LogP contribution in [0.15, 0.2) is 28.7 Å². The van der Waals surface area contributed by atoms with E-state index < -0.39 is 18.8 Å². The van der Waals surface area contributed by atoms with E-state index in [1.54, 1.807) is 25.1 Å². The first kappa shape index (κ1) is 15.5. The van der Waals surface area contributed by atoms with Crippen LogP contribution in [-0.2, 0) is 0 Å². The summed E-state index contributed by atoms with van der Waals surface area (Å²) in [5.41, 5.74) is 6.42. The number of alkyl halides is 3. The van der Waals surface area contributed by atoms with Gasteiger partial charge in [-0.2, -0.15) is 13.2 Å². The molecule has 18 heavy (non-hydrogen) atoms. The zero-order chi connectivity index (χ0) is 13.8. The third-order valence-electron chi connectivity index (χ3n) is 2.69. The number of benzene rings is 1. The molecule has 0 saturated carbocycles. The molecule has 102 valence electrons. The second kappa shape index (κ2) is 6.54. The van der Waals surface area contributed by atoms with E-state index in [1.807, 2.05) is 6.07 Å². The van der Waals surface area contributed by atoms with Gasteiger partial charge in [-0.3, -0.25) is 4.90 Å². The molecule has 1 atom stereocenters. The maximum absolute atomic E-state index is 12.5. The van der Waals surface area contributed by atoms with Gasteiger partial charge in [-0.15, -0.1) is 0 Å². The lowest BCUT2D eigenvalue weighted by Gasteiger charge is -2.30. The van der Waals surface area contributed by atoms with Gasteiger partial charge < -0.3 is 5.73 Å². The molecule has 0 aliphatic heterocycles. The van der Waals surface area contributed by atoms with Crippen LogP contribution in [-0.4, -0.2) is 30.7 Å². The smallest absolute Gasteiger partial charge is 0.329 e. The van der Waals surface area contributed by atoms with Crippen molar-refractivity contribution < 1.29 is 13.2 Å². The molecule has 1 aromatic rings. The first-order valence-electron chi connectivity index (χ1n) is 5.63. The second-order valence-electron chi connectivity index (χ2n) is 3.98. The van der Waals surface area contributed by atoms with E-state index in [-0.39, 0.29) is 6.54 Å². The highest BCUT2D eigenvalue weighted by molar-refractivity contribution is 9.10. The summed E-state index contributed by atoms with van der Waals surface area (Å²) < 4.78 is 38.3. The van der Waals surface area contributed by atoms with Gasteiger partial charge in [0.15, 0.2) is 0 Å². The molecule has 0 aliphatic carbocycles. The largest absolute Gasteiger partial charge is 0.401 e. The Hall–Kier alpha value is -0.590. The lowest BCUT2D eigenvalue weighted by atomic mass is 10.1. The molecule has 1 aromatic carbocycles. The number of halogens is 4. The number of rotatable bonds is 5. The SMILES string of the molecule is CCN(CC(F)(F)F)C(CN)c1cccc(Br)c1. The van der Waals surface area contributed by atoms with E-state index in [9.17, 15) is 13.2 Å². The van der Waals surface area contributed by atoms with Crippen molar-refractivity contribution in [3.05, 3.63) is 34.3 Å². The summed E-state index contributed by atoms with van der Waals surface area (Å²) in [7, 11) is 0. The monoisotopic (exact) mass is 324 g/mol. The van der Waals surface area contributed by atoms with Gasteiger partial charge in [0, 0.05) is 17.1 Å². The summed E-state index contributed by atoms with van der Waals surface area (Å²) >= 11 is 3.31. The third kappa shape index (κ3) is 4.59. The summed E-state index contributed by atoms with van der Waals surface area (Å²) in [6.07, 6.45) is -4.21. The molecule has 0 heterocycles.